The van der Waals surface area contributed by atoms with E-state index in [1.54, 1.807) is 12.1 Å². The highest BCUT2D eigenvalue weighted by Gasteiger charge is 2.60. The van der Waals surface area contributed by atoms with Crippen molar-refractivity contribution in [2.75, 3.05) is 0 Å². The fourth-order valence-corrected chi connectivity index (χ4v) is 5.37. The summed E-state index contributed by atoms with van der Waals surface area (Å²) in [6.45, 7) is 0. The summed E-state index contributed by atoms with van der Waals surface area (Å²) < 4.78 is 0.934. The van der Waals surface area contributed by atoms with Gasteiger partial charge in [0.15, 0.2) is 5.78 Å². The van der Waals surface area contributed by atoms with Crippen molar-refractivity contribution in [1.82, 2.24) is 0 Å². The molecule has 4 heteroatoms. The second-order valence-electron chi connectivity index (χ2n) is 7.59. The van der Waals surface area contributed by atoms with Crippen LogP contribution in [-0.2, 0) is 4.79 Å². The first kappa shape index (κ1) is 18.1. The van der Waals surface area contributed by atoms with Crippen molar-refractivity contribution in [3.63, 3.8) is 0 Å². The molecule has 27 heavy (non-hydrogen) atoms. The molecular formula is C23H20BrNO2. The van der Waals surface area contributed by atoms with Crippen LogP contribution in [0.5, 0.6) is 0 Å². The quantitative estimate of drug-likeness (QED) is 0.630. The summed E-state index contributed by atoms with van der Waals surface area (Å²) in [5, 5.41) is 10.4. The van der Waals surface area contributed by atoms with Gasteiger partial charge >= 0.3 is 0 Å². The molecular weight excluding hydrogens is 402 g/mol. The number of halogens is 1. The number of rotatable bonds is 3. The molecule has 0 heterocycles. The largest absolute Gasteiger partial charge is 0.299 e. The van der Waals surface area contributed by atoms with Crippen LogP contribution in [-0.4, -0.2) is 11.6 Å². The Hall–Kier alpha value is -2.25. The summed E-state index contributed by atoms with van der Waals surface area (Å²) in [5.74, 6) is -0.704. The van der Waals surface area contributed by atoms with E-state index in [-0.39, 0.29) is 29.8 Å². The fraction of sp³-hybridized carbons (Fsp3) is 0.348. The summed E-state index contributed by atoms with van der Waals surface area (Å²) in [6.07, 6.45) is 2.71. The molecule has 0 aliphatic heterocycles. The maximum Gasteiger partial charge on any atom is 0.184 e. The van der Waals surface area contributed by atoms with Crippen LogP contribution in [0.4, 0.5) is 0 Å². The summed E-state index contributed by atoms with van der Waals surface area (Å²) >= 11 is 3.44. The number of ketones is 2. The lowest BCUT2D eigenvalue weighted by atomic mass is 9.53. The first-order valence-electron chi connectivity index (χ1n) is 9.37. The molecule has 2 aliphatic rings. The van der Waals surface area contributed by atoms with E-state index in [0.29, 0.717) is 5.56 Å². The third-order valence-electron chi connectivity index (χ3n) is 6.34. The number of nitrogens with zero attached hydrogens (tertiary/aromatic N) is 1. The minimum Gasteiger partial charge on any atom is -0.299 e. The fourth-order valence-electron chi connectivity index (χ4n) is 5.10. The number of benzene rings is 2. The Bertz CT molecular complexity index is 916. The van der Waals surface area contributed by atoms with Gasteiger partial charge in [-0.1, -0.05) is 64.8 Å². The van der Waals surface area contributed by atoms with Crippen LogP contribution < -0.4 is 0 Å². The summed E-state index contributed by atoms with van der Waals surface area (Å²) in [5.41, 5.74) is 0.258. The van der Waals surface area contributed by atoms with Gasteiger partial charge in [-0.3, -0.25) is 9.59 Å². The maximum atomic E-state index is 13.7. The Balaban J connectivity index is 1.89. The van der Waals surface area contributed by atoms with Crippen LogP contribution in [0, 0.1) is 28.6 Å². The van der Waals surface area contributed by atoms with Crippen molar-refractivity contribution in [3.05, 3.63) is 70.2 Å². The molecule has 2 fully saturated rings. The molecule has 136 valence electrons. The maximum absolute atomic E-state index is 13.7. The van der Waals surface area contributed by atoms with Crippen LogP contribution in [0.25, 0.3) is 0 Å². The monoisotopic (exact) mass is 421 g/mol. The van der Waals surface area contributed by atoms with E-state index < -0.39 is 11.3 Å². The van der Waals surface area contributed by atoms with Gasteiger partial charge in [0.1, 0.15) is 11.2 Å². The molecule has 0 N–H and O–H groups in total. The Morgan fingerprint density at radius 1 is 1.07 bits per heavy atom. The molecule has 2 aromatic rings. The highest BCUT2D eigenvalue weighted by atomic mass is 79.9. The Kier molecular flexibility index (Phi) is 4.74. The number of nitriles is 1. The number of hydrogen-bond acceptors (Lipinski definition) is 3. The van der Waals surface area contributed by atoms with Crippen molar-refractivity contribution >= 4 is 27.5 Å². The molecule has 4 atom stereocenters. The van der Waals surface area contributed by atoms with E-state index in [1.165, 1.54) is 0 Å². The van der Waals surface area contributed by atoms with E-state index in [9.17, 15) is 14.9 Å². The van der Waals surface area contributed by atoms with E-state index in [4.69, 9.17) is 0 Å². The predicted octanol–water partition coefficient (Wildman–Crippen LogP) is 5.31. The Labute approximate surface area is 167 Å². The Morgan fingerprint density at radius 2 is 1.78 bits per heavy atom. The second-order valence-corrected chi connectivity index (χ2v) is 8.51. The van der Waals surface area contributed by atoms with Gasteiger partial charge < -0.3 is 0 Å². The van der Waals surface area contributed by atoms with Gasteiger partial charge in [-0.25, -0.2) is 0 Å². The van der Waals surface area contributed by atoms with Crippen LogP contribution >= 0.6 is 15.9 Å². The van der Waals surface area contributed by atoms with Gasteiger partial charge in [-0.05, 0) is 36.5 Å². The minimum atomic E-state index is -1.19. The summed E-state index contributed by atoms with van der Waals surface area (Å²) in [4.78, 5) is 26.6. The molecule has 0 unspecified atom stereocenters. The van der Waals surface area contributed by atoms with E-state index >= 15 is 0 Å². The topological polar surface area (TPSA) is 57.9 Å². The van der Waals surface area contributed by atoms with Crippen LogP contribution in [0.2, 0.25) is 0 Å². The molecule has 3 nitrogen and oxygen atoms in total. The molecule has 2 aliphatic carbocycles. The third-order valence-corrected chi connectivity index (χ3v) is 6.87. The lowest BCUT2D eigenvalue weighted by Crippen LogP contribution is -2.50. The Morgan fingerprint density at radius 3 is 2.44 bits per heavy atom. The molecule has 0 aromatic heterocycles. The molecule has 0 radical (unpaired) electrons. The summed E-state index contributed by atoms with van der Waals surface area (Å²) in [6, 6.07) is 19.2. The first-order valence-corrected chi connectivity index (χ1v) is 10.2. The molecule has 0 saturated heterocycles. The normalized spacial score (nSPS) is 29.8. The number of fused-ring (bicyclic) bond motifs is 1. The van der Waals surface area contributed by atoms with Crippen molar-refractivity contribution in [2.24, 2.45) is 17.3 Å². The van der Waals surface area contributed by atoms with Crippen molar-refractivity contribution in [2.45, 2.75) is 31.6 Å². The van der Waals surface area contributed by atoms with Crippen molar-refractivity contribution in [3.8, 4) is 6.07 Å². The van der Waals surface area contributed by atoms with Gasteiger partial charge in [0.25, 0.3) is 0 Å². The van der Waals surface area contributed by atoms with Crippen LogP contribution in [0.3, 0.4) is 0 Å². The SMILES string of the molecule is N#C[C@@]1(C(=O)c2ccccc2)[C@@H]2CCC[C@@H]2C(=O)C[C@H]1c1ccc(Br)cc1. The van der Waals surface area contributed by atoms with Crippen molar-refractivity contribution < 1.29 is 9.59 Å². The molecule has 0 spiro atoms. The van der Waals surface area contributed by atoms with E-state index in [2.05, 4.69) is 22.0 Å². The van der Waals surface area contributed by atoms with Crippen LogP contribution in [0.15, 0.2) is 59.1 Å². The lowest BCUT2D eigenvalue weighted by molar-refractivity contribution is -0.128. The zero-order valence-corrected chi connectivity index (χ0v) is 16.5. The molecule has 4 rings (SSSR count). The number of carbonyl (C=O) groups excluding carboxylic acids is 2. The first-order chi connectivity index (χ1) is 13.1. The number of hydrogen-bond donors (Lipinski definition) is 0. The second kappa shape index (κ2) is 7.05. The van der Waals surface area contributed by atoms with Gasteiger partial charge in [-0.15, -0.1) is 0 Å². The summed E-state index contributed by atoms with van der Waals surface area (Å²) in [7, 11) is 0. The van der Waals surface area contributed by atoms with Gasteiger partial charge in [0, 0.05) is 28.3 Å². The van der Waals surface area contributed by atoms with Gasteiger partial charge in [0.05, 0.1) is 6.07 Å². The molecule has 0 amide bonds. The molecule has 2 saturated carbocycles. The van der Waals surface area contributed by atoms with Crippen LogP contribution in [0.1, 0.15) is 47.5 Å². The highest BCUT2D eigenvalue weighted by molar-refractivity contribution is 9.10. The van der Waals surface area contributed by atoms with Gasteiger partial charge in [0.2, 0.25) is 0 Å². The smallest absolute Gasteiger partial charge is 0.184 e. The van der Waals surface area contributed by atoms with E-state index in [0.717, 1.165) is 29.3 Å². The minimum absolute atomic E-state index is 0.136. The average Bonchev–Trinajstić information content (AvgIpc) is 3.20. The highest BCUT2D eigenvalue weighted by Crippen LogP contribution is 2.58. The zero-order chi connectivity index (χ0) is 19.0. The van der Waals surface area contributed by atoms with Crippen molar-refractivity contribution in [1.29, 1.82) is 5.26 Å². The lowest BCUT2D eigenvalue weighted by Gasteiger charge is -2.45. The van der Waals surface area contributed by atoms with E-state index in [1.807, 2.05) is 42.5 Å². The van der Waals surface area contributed by atoms with Gasteiger partial charge in [-0.2, -0.15) is 5.26 Å². The third kappa shape index (κ3) is 2.85. The number of carbonyl (C=O) groups is 2. The average molecular weight is 422 g/mol. The predicted molar refractivity (Wildman–Crippen MR) is 106 cm³/mol. The zero-order valence-electron chi connectivity index (χ0n) is 14.9. The number of Topliss-reactive ketones (excluding diaryl/α,β-unsaturated/α-hetero) is 2. The standard InChI is InChI=1S/C23H20BrNO2/c24-17-11-9-15(10-12-17)20-13-21(26)18-7-4-8-19(18)23(20,14-25)22(27)16-5-2-1-3-6-16/h1-3,5-6,9-12,18-20H,4,7-8,13H2/t18-,19+,20-,23+/m0/s1. The molecule has 2 aromatic carbocycles. The molecule has 0 bridgehead atoms.